The molecule has 0 aliphatic rings. The number of nitrogens with zero attached hydrogens (tertiary/aromatic N) is 1. The zero-order chi connectivity index (χ0) is 14.8. The van der Waals surface area contributed by atoms with Gasteiger partial charge in [-0.3, -0.25) is 0 Å². The van der Waals surface area contributed by atoms with Gasteiger partial charge >= 0.3 is 5.97 Å². The van der Waals surface area contributed by atoms with E-state index >= 15 is 0 Å². The molecule has 5 nitrogen and oxygen atoms in total. The maximum atomic E-state index is 12.4. The molecular weight excluding hydrogens is 286 g/mol. The van der Waals surface area contributed by atoms with Crippen LogP contribution in [0.5, 0.6) is 0 Å². The third kappa shape index (κ3) is 3.34. The highest BCUT2D eigenvalue weighted by atomic mass is 32.2. The Balaban J connectivity index is 3.13. The van der Waals surface area contributed by atoms with Crippen LogP contribution in [0.4, 0.5) is 0 Å². The van der Waals surface area contributed by atoms with Crippen molar-refractivity contribution in [1.82, 2.24) is 4.31 Å². The maximum absolute atomic E-state index is 12.4. The number of aryl methyl sites for hydroxylation is 1. The van der Waals surface area contributed by atoms with Crippen LogP contribution in [0.15, 0.2) is 10.3 Å². The Hall–Kier alpha value is -0.920. The van der Waals surface area contributed by atoms with Crippen molar-refractivity contribution in [2.45, 2.75) is 43.9 Å². The highest BCUT2D eigenvalue weighted by Crippen LogP contribution is 2.29. The second-order valence-electron chi connectivity index (χ2n) is 4.54. The van der Waals surface area contributed by atoms with Crippen molar-refractivity contribution in [1.29, 1.82) is 0 Å². The summed E-state index contributed by atoms with van der Waals surface area (Å²) in [6.45, 7) is 5.45. The summed E-state index contributed by atoms with van der Waals surface area (Å²) >= 11 is 0.809. The molecule has 1 N–H and O–H groups in total. The number of carboxylic acid groups (broad SMARTS) is 1. The van der Waals surface area contributed by atoms with Gasteiger partial charge in [-0.2, -0.15) is 4.31 Å². The molecule has 1 aromatic rings. The van der Waals surface area contributed by atoms with Crippen LogP contribution in [0.3, 0.4) is 0 Å². The number of rotatable bonds is 6. The first-order chi connectivity index (χ1) is 8.71. The molecule has 1 rings (SSSR count). The lowest BCUT2D eigenvalue weighted by atomic mass is 10.2. The zero-order valence-corrected chi connectivity index (χ0v) is 13.1. The van der Waals surface area contributed by atoms with E-state index < -0.39 is 16.0 Å². The zero-order valence-electron chi connectivity index (χ0n) is 11.5. The third-order valence-corrected chi connectivity index (χ3v) is 6.70. The second kappa shape index (κ2) is 6.02. The Bertz CT molecular complexity index is 562. The molecular formula is C12H19NO4S2. The lowest BCUT2D eigenvalue weighted by Crippen LogP contribution is -2.34. The van der Waals surface area contributed by atoms with Crippen molar-refractivity contribution in [2.75, 3.05) is 7.05 Å². The first kappa shape index (κ1) is 16.1. The Morgan fingerprint density at radius 1 is 1.53 bits per heavy atom. The highest BCUT2D eigenvalue weighted by Gasteiger charge is 2.28. The summed E-state index contributed by atoms with van der Waals surface area (Å²) in [5.41, 5.74) is 0.479. The molecule has 0 fully saturated rings. The van der Waals surface area contributed by atoms with Crippen LogP contribution in [-0.2, 0) is 10.0 Å². The van der Waals surface area contributed by atoms with Crippen LogP contribution in [0, 0.1) is 6.92 Å². The van der Waals surface area contributed by atoms with Crippen molar-refractivity contribution in [3.63, 3.8) is 0 Å². The standard InChI is InChI=1S/C12H19NO4S2/c1-5-6-9(3)13(4)19(16,17)10-7-8(2)11(18-10)12(14)15/h7,9H,5-6H2,1-4H3,(H,14,15). The van der Waals surface area contributed by atoms with Gasteiger partial charge in [-0.25, -0.2) is 13.2 Å². The third-order valence-electron chi connectivity index (χ3n) is 3.05. The molecule has 0 bridgehead atoms. The van der Waals surface area contributed by atoms with E-state index in [0.717, 1.165) is 24.2 Å². The van der Waals surface area contributed by atoms with Crippen LogP contribution >= 0.6 is 11.3 Å². The Morgan fingerprint density at radius 2 is 2.11 bits per heavy atom. The molecule has 1 heterocycles. The maximum Gasteiger partial charge on any atom is 0.346 e. The first-order valence-electron chi connectivity index (χ1n) is 6.03. The van der Waals surface area contributed by atoms with E-state index in [9.17, 15) is 13.2 Å². The van der Waals surface area contributed by atoms with Gasteiger partial charge in [0.05, 0.1) is 0 Å². The Morgan fingerprint density at radius 3 is 2.53 bits per heavy atom. The number of hydrogen-bond donors (Lipinski definition) is 1. The van der Waals surface area contributed by atoms with Crippen LogP contribution in [0.2, 0.25) is 0 Å². The van der Waals surface area contributed by atoms with E-state index in [1.54, 1.807) is 6.92 Å². The van der Waals surface area contributed by atoms with Crippen molar-refractivity contribution in [3.8, 4) is 0 Å². The minimum Gasteiger partial charge on any atom is -0.477 e. The number of hydrogen-bond acceptors (Lipinski definition) is 4. The largest absolute Gasteiger partial charge is 0.477 e. The monoisotopic (exact) mass is 305 g/mol. The van der Waals surface area contributed by atoms with E-state index in [1.807, 2.05) is 13.8 Å². The SMILES string of the molecule is CCCC(C)N(C)S(=O)(=O)c1cc(C)c(C(=O)O)s1. The molecule has 0 saturated heterocycles. The van der Waals surface area contributed by atoms with Gasteiger partial charge in [0.25, 0.3) is 10.0 Å². The smallest absolute Gasteiger partial charge is 0.346 e. The molecule has 19 heavy (non-hydrogen) atoms. The number of carboxylic acids is 1. The van der Waals surface area contributed by atoms with E-state index in [-0.39, 0.29) is 15.1 Å². The van der Waals surface area contributed by atoms with Crippen molar-refractivity contribution in [3.05, 3.63) is 16.5 Å². The fraction of sp³-hybridized carbons (Fsp3) is 0.583. The summed E-state index contributed by atoms with van der Waals surface area (Å²) in [6, 6.07) is 1.32. The first-order valence-corrected chi connectivity index (χ1v) is 8.29. The van der Waals surface area contributed by atoms with Gasteiger partial charge in [-0.05, 0) is 31.9 Å². The lowest BCUT2D eigenvalue weighted by Gasteiger charge is -2.23. The quantitative estimate of drug-likeness (QED) is 0.876. The summed E-state index contributed by atoms with van der Waals surface area (Å²) in [5, 5.41) is 8.98. The number of carbonyl (C=O) groups is 1. The minimum absolute atomic E-state index is 0.0788. The van der Waals surface area contributed by atoms with E-state index in [4.69, 9.17) is 5.11 Å². The molecule has 7 heteroatoms. The van der Waals surface area contributed by atoms with Gasteiger partial charge in [-0.15, -0.1) is 11.3 Å². The predicted octanol–water partition coefficient (Wildman–Crippen LogP) is 2.56. The van der Waals surface area contributed by atoms with Gasteiger partial charge in [0.2, 0.25) is 0 Å². The van der Waals surface area contributed by atoms with Gasteiger partial charge in [-0.1, -0.05) is 13.3 Å². The Kier molecular flexibility index (Phi) is 5.11. The fourth-order valence-corrected chi connectivity index (χ4v) is 4.73. The van der Waals surface area contributed by atoms with Crippen LogP contribution in [0.25, 0.3) is 0 Å². The van der Waals surface area contributed by atoms with E-state index in [0.29, 0.717) is 5.56 Å². The molecule has 1 unspecified atom stereocenters. The average Bonchev–Trinajstić information content (AvgIpc) is 2.71. The molecule has 1 aromatic heterocycles. The van der Waals surface area contributed by atoms with Gasteiger partial charge in [0.1, 0.15) is 9.09 Å². The molecule has 0 aliphatic carbocycles. The van der Waals surface area contributed by atoms with Crippen LogP contribution < -0.4 is 0 Å². The minimum atomic E-state index is -3.61. The van der Waals surface area contributed by atoms with Gasteiger partial charge in [0, 0.05) is 13.1 Å². The number of aromatic carboxylic acids is 1. The predicted molar refractivity (Wildman–Crippen MR) is 75.3 cm³/mol. The van der Waals surface area contributed by atoms with E-state index in [2.05, 4.69) is 0 Å². The molecule has 0 radical (unpaired) electrons. The van der Waals surface area contributed by atoms with Crippen molar-refractivity contribution < 1.29 is 18.3 Å². The molecule has 0 saturated carbocycles. The molecule has 0 aliphatic heterocycles. The van der Waals surface area contributed by atoms with Gasteiger partial charge < -0.3 is 5.11 Å². The van der Waals surface area contributed by atoms with Crippen molar-refractivity contribution in [2.24, 2.45) is 0 Å². The number of thiophene rings is 1. The summed E-state index contributed by atoms with van der Waals surface area (Å²) in [4.78, 5) is 11.0. The molecule has 0 aromatic carbocycles. The average molecular weight is 305 g/mol. The molecule has 0 spiro atoms. The Labute approximate surface area is 117 Å². The van der Waals surface area contributed by atoms with Gasteiger partial charge in [0.15, 0.2) is 0 Å². The summed E-state index contributed by atoms with van der Waals surface area (Å²) in [5.74, 6) is -1.09. The summed E-state index contributed by atoms with van der Waals surface area (Å²) in [7, 11) is -2.07. The van der Waals surface area contributed by atoms with Crippen LogP contribution in [-0.4, -0.2) is 36.9 Å². The molecule has 1 atom stereocenters. The summed E-state index contributed by atoms with van der Waals surface area (Å²) < 4.78 is 26.2. The van der Waals surface area contributed by atoms with Crippen molar-refractivity contribution >= 4 is 27.3 Å². The topological polar surface area (TPSA) is 74.7 Å². The lowest BCUT2D eigenvalue weighted by molar-refractivity contribution is 0.0701. The van der Waals surface area contributed by atoms with Crippen LogP contribution in [0.1, 0.15) is 41.9 Å². The summed E-state index contributed by atoms with van der Waals surface area (Å²) in [6.07, 6.45) is 1.66. The highest BCUT2D eigenvalue weighted by molar-refractivity contribution is 7.91. The molecule has 108 valence electrons. The number of sulfonamides is 1. The normalized spacial score (nSPS) is 13.7. The fourth-order valence-electron chi connectivity index (χ4n) is 1.77. The van der Waals surface area contributed by atoms with E-state index in [1.165, 1.54) is 17.4 Å². The second-order valence-corrected chi connectivity index (χ2v) is 7.82. The molecule has 0 amide bonds.